The average Bonchev–Trinajstić information content (AvgIpc) is 2.80. The largest absolute Gasteiger partial charge is 0.299 e. The van der Waals surface area contributed by atoms with Gasteiger partial charge in [-0.15, -0.1) is 0 Å². The lowest BCUT2D eigenvalue weighted by molar-refractivity contribution is 0.555. The van der Waals surface area contributed by atoms with Crippen molar-refractivity contribution in [2.45, 2.75) is 24.2 Å². The maximum Gasteiger partial charge on any atom is 0.299 e. The molecule has 3 N–H and O–H groups in total. The summed E-state index contributed by atoms with van der Waals surface area (Å²) in [5.74, 6) is 0. The van der Waals surface area contributed by atoms with E-state index in [1.54, 1.807) is 12.1 Å². The fourth-order valence-corrected chi connectivity index (χ4v) is 5.77. The first kappa shape index (κ1) is 20.2. The molecule has 1 heterocycles. The molecule has 2 aromatic carbocycles. The van der Waals surface area contributed by atoms with Gasteiger partial charge in [0.2, 0.25) is 0 Å². The molecule has 2 aromatic rings. The monoisotopic (exact) mass is 449 g/mol. The molecule has 7 nitrogen and oxygen atoms in total. The zero-order chi connectivity index (χ0) is 20.2. The topological polar surface area (TPSA) is 110 Å². The van der Waals surface area contributed by atoms with Gasteiger partial charge in [-0.25, -0.2) is 13.6 Å². The Bertz CT molecular complexity index is 1130. The Kier molecular flexibility index (Phi) is 4.89. The minimum atomic E-state index is -4.03. The Morgan fingerprint density at radius 1 is 1.11 bits per heavy atom. The van der Waals surface area contributed by atoms with E-state index in [4.69, 9.17) is 28.3 Å². The van der Waals surface area contributed by atoms with Crippen LogP contribution in [0, 0.1) is 0 Å². The van der Waals surface area contributed by atoms with Crippen molar-refractivity contribution in [1.82, 2.24) is 0 Å². The van der Waals surface area contributed by atoms with Gasteiger partial charge in [-0.05, 0) is 29.8 Å². The highest BCUT2D eigenvalue weighted by atomic mass is 35.5. The third kappa shape index (κ3) is 3.74. The summed E-state index contributed by atoms with van der Waals surface area (Å²) in [6.07, 6.45) is 0. The van der Waals surface area contributed by atoms with Crippen LogP contribution < -0.4 is 14.2 Å². The third-order valence-electron chi connectivity index (χ3n) is 4.30. The van der Waals surface area contributed by atoms with Gasteiger partial charge in [0, 0.05) is 12.0 Å². The van der Waals surface area contributed by atoms with E-state index in [1.807, 2.05) is 13.8 Å². The predicted octanol–water partition coefficient (Wildman–Crippen LogP) is 3.10. The van der Waals surface area contributed by atoms with Gasteiger partial charge in [-0.3, -0.25) is 9.03 Å². The van der Waals surface area contributed by atoms with Crippen LogP contribution in [0.1, 0.15) is 19.4 Å². The minimum Gasteiger partial charge on any atom is -0.280 e. The second kappa shape index (κ2) is 6.52. The van der Waals surface area contributed by atoms with E-state index in [9.17, 15) is 16.8 Å². The molecular formula is C16H17Cl2N3O4S2. The van der Waals surface area contributed by atoms with Crippen LogP contribution in [0.4, 0.5) is 11.4 Å². The molecule has 146 valence electrons. The van der Waals surface area contributed by atoms with Crippen molar-refractivity contribution in [2.24, 2.45) is 5.14 Å². The molecule has 0 unspecified atom stereocenters. The number of anilines is 2. The van der Waals surface area contributed by atoms with Gasteiger partial charge in [0.15, 0.2) is 0 Å². The van der Waals surface area contributed by atoms with Crippen molar-refractivity contribution in [3.63, 3.8) is 0 Å². The molecule has 11 heteroatoms. The first-order valence-electron chi connectivity index (χ1n) is 7.75. The number of sulfonamides is 1. The summed E-state index contributed by atoms with van der Waals surface area (Å²) in [7, 11) is -8.03. The maximum atomic E-state index is 12.7. The van der Waals surface area contributed by atoms with E-state index in [2.05, 4.69) is 4.72 Å². The average molecular weight is 450 g/mol. The van der Waals surface area contributed by atoms with Gasteiger partial charge < -0.3 is 0 Å². The van der Waals surface area contributed by atoms with Gasteiger partial charge in [0.05, 0.1) is 21.4 Å². The number of hydrogen-bond donors (Lipinski definition) is 2. The Balaban J connectivity index is 2.04. The van der Waals surface area contributed by atoms with E-state index in [0.29, 0.717) is 5.69 Å². The highest BCUT2D eigenvalue weighted by Crippen LogP contribution is 2.43. The Hall–Kier alpha value is -1.52. The standard InChI is InChI=1S/C16H17Cl2N3O4S2/c1-16(2)9-21(27(19,24)25)13-8-10(6-7-11(13)16)20-26(22,23)14-5-3-4-12(17)15(14)18/h3-8,20H,9H2,1-2H3,(H2,19,24,25). The van der Waals surface area contributed by atoms with Gasteiger partial charge in [-0.1, -0.05) is 49.2 Å². The van der Waals surface area contributed by atoms with Crippen LogP contribution in [0.25, 0.3) is 0 Å². The molecule has 0 aromatic heterocycles. The molecule has 0 radical (unpaired) electrons. The quantitative estimate of drug-likeness (QED) is 0.746. The summed E-state index contributed by atoms with van der Waals surface area (Å²) in [5, 5.41) is 5.32. The molecule has 0 bridgehead atoms. The predicted molar refractivity (Wildman–Crippen MR) is 107 cm³/mol. The summed E-state index contributed by atoms with van der Waals surface area (Å²) in [6.45, 7) is 3.93. The molecule has 0 fully saturated rings. The molecule has 0 amide bonds. The summed E-state index contributed by atoms with van der Waals surface area (Å²) in [4.78, 5) is -0.180. The molecule has 3 rings (SSSR count). The molecular weight excluding hydrogens is 433 g/mol. The number of nitrogens with one attached hydrogen (secondary N) is 1. The fourth-order valence-electron chi connectivity index (χ4n) is 3.03. The zero-order valence-corrected chi connectivity index (χ0v) is 17.5. The number of nitrogens with zero attached hydrogens (tertiary/aromatic N) is 1. The number of nitrogens with two attached hydrogens (primary N) is 1. The summed E-state index contributed by atoms with van der Waals surface area (Å²) in [5.41, 5.74) is 0.798. The van der Waals surface area contributed by atoms with Crippen molar-refractivity contribution in [1.29, 1.82) is 0 Å². The molecule has 0 atom stereocenters. The first-order valence-corrected chi connectivity index (χ1v) is 11.5. The highest BCUT2D eigenvalue weighted by molar-refractivity contribution is 7.93. The molecule has 0 spiro atoms. The Labute approximate surface area is 168 Å². The first-order chi connectivity index (χ1) is 12.3. The molecule has 0 saturated carbocycles. The Morgan fingerprint density at radius 3 is 2.41 bits per heavy atom. The second-order valence-corrected chi connectivity index (χ2v) is 10.7. The van der Waals surface area contributed by atoms with E-state index >= 15 is 0 Å². The van der Waals surface area contributed by atoms with Crippen molar-refractivity contribution >= 4 is 54.8 Å². The fraction of sp³-hybridized carbons (Fsp3) is 0.250. The molecule has 1 aliphatic heterocycles. The lowest BCUT2D eigenvalue weighted by Crippen LogP contribution is -2.38. The molecule has 0 saturated heterocycles. The SMILES string of the molecule is CC1(C)CN(S(N)(=O)=O)c2cc(NS(=O)(=O)c3cccc(Cl)c3Cl)ccc21. The van der Waals surface area contributed by atoms with Crippen molar-refractivity contribution in [3.05, 3.63) is 52.0 Å². The van der Waals surface area contributed by atoms with E-state index < -0.39 is 25.6 Å². The Morgan fingerprint density at radius 2 is 1.78 bits per heavy atom. The van der Waals surface area contributed by atoms with Crippen LogP contribution in [0.2, 0.25) is 10.0 Å². The van der Waals surface area contributed by atoms with Crippen molar-refractivity contribution in [2.75, 3.05) is 15.6 Å². The lowest BCUT2D eigenvalue weighted by atomic mass is 9.87. The van der Waals surface area contributed by atoms with Crippen LogP contribution in [-0.2, 0) is 25.6 Å². The number of hydrogen-bond acceptors (Lipinski definition) is 4. The van der Waals surface area contributed by atoms with E-state index in [-0.39, 0.29) is 27.2 Å². The van der Waals surface area contributed by atoms with Crippen molar-refractivity contribution < 1.29 is 16.8 Å². The normalized spacial score (nSPS) is 16.3. The number of rotatable bonds is 4. The van der Waals surface area contributed by atoms with Crippen LogP contribution in [0.3, 0.4) is 0 Å². The number of benzene rings is 2. The molecule has 1 aliphatic rings. The van der Waals surface area contributed by atoms with Gasteiger partial charge >= 0.3 is 0 Å². The lowest BCUT2D eigenvalue weighted by Gasteiger charge is -2.19. The number of halogens is 2. The summed E-state index contributed by atoms with van der Waals surface area (Å²) < 4.78 is 52.6. The van der Waals surface area contributed by atoms with E-state index in [0.717, 1.165) is 9.87 Å². The van der Waals surface area contributed by atoms with Crippen molar-refractivity contribution in [3.8, 4) is 0 Å². The van der Waals surface area contributed by atoms with Gasteiger partial charge in [-0.2, -0.15) is 8.42 Å². The third-order valence-corrected chi connectivity index (χ3v) is 7.59. The highest BCUT2D eigenvalue weighted by Gasteiger charge is 2.39. The minimum absolute atomic E-state index is 0.0971. The van der Waals surface area contributed by atoms with Crippen LogP contribution in [-0.4, -0.2) is 23.4 Å². The van der Waals surface area contributed by atoms with Gasteiger partial charge in [0.25, 0.3) is 20.2 Å². The maximum absolute atomic E-state index is 12.7. The molecule has 0 aliphatic carbocycles. The van der Waals surface area contributed by atoms with Gasteiger partial charge in [0.1, 0.15) is 4.90 Å². The smallest absolute Gasteiger partial charge is 0.280 e. The number of fused-ring (bicyclic) bond motifs is 1. The second-order valence-electron chi connectivity index (χ2n) is 6.82. The van der Waals surface area contributed by atoms with Crippen LogP contribution >= 0.6 is 23.2 Å². The summed E-state index contributed by atoms with van der Waals surface area (Å²) >= 11 is 11.9. The van der Waals surface area contributed by atoms with Crippen LogP contribution in [0.5, 0.6) is 0 Å². The van der Waals surface area contributed by atoms with Crippen LogP contribution in [0.15, 0.2) is 41.3 Å². The zero-order valence-electron chi connectivity index (χ0n) is 14.4. The molecule has 27 heavy (non-hydrogen) atoms. The summed E-state index contributed by atoms with van der Waals surface area (Å²) in [6, 6.07) is 8.94. The van der Waals surface area contributed by atoms with E-state index in [1.165, 1.54) is 24.3 Å².